The normalized spacial score (nSPS) is 34.7. The standard InChI is InChI=1S/C6H11O2P/c1-6-3-4-9(7,5-6)8-2/h5H,3-4H2,1-2H3. The predicted molar refractivity (Wildman–Crippen MR) is 37.9 cm³/mol. The Kier molecular flexibility index (Phi) is 1.78. The van der Waals surface area contributed by atoms with E-state index < -0.39 is 7.37 Å². The van der Waals surface area contributed by atoms with Crippen LogP contribution in [0.5, 0.6) is 0 Å². The monoisotopic (exact) mass is 146 g/mol. The van der Waals surface area contributed by atoms with Crippen molar-refractivity contribution in [3.8, 4) is 0 Å². The van der Waals surface area contributed by atoms with Crippen molar-refractivity contribution >= 4 is 7.37 Å². The zero-order valence-corrected chi connectivity index (χ0v) is 6.65. The molecular formula is C6H11O2P. The van der Waals surface area contributed by atoms with Crippen molar-refractivity contribution in [2.75, 3.05) is 13.3 Å². The van der Waals surface area contributed by atoms with E-state index in [0.717, 1.165) is 6.42 Å². The first-order valence-electron chi connectivity index (χ1n) is 2.99. The van der Waals surface area contributed by atoms with Crippen LogP contribution in [-0.4, -0.2) is 13.3 Å². The molecule has 1 aliphatic rings. The van der Waals surface area contributed by atoms with Gasteiger partial charge < -0.3 is 4.52 Å². The first-order chi connectivity index (χ1) is 4.16. The lowest BCUT2D eigenvalue weighted by Gasteiger charge is -2.02. The molecule has 1 unspecified atom stereocenters. The van der Waals surface area contributed by atoms with Gasteiger partial charge in [0.25, 0.3) is 0 Å². The highest BCUT2D eigenvalue weighted by atomic mass is 31.2. The van der Waals surface area contributed by atoms with E-state index in [1.807, 2.05) is 6.92 Å². The molecule has 3 heteroatoms. The molecule has 0 N–H and O–H groups in total. The molecule has 9 heavy (non-hydrogen) atoms. The third-order valence-corrected chi connectivity index (χ3v) is 3.84. The zero-order valence-electron chi connectivity index (χ0n) is 5.76. The second-order valence-electron chi connectivity index (χ2n) is 2.36. The summed E-state index contributed by atoms with van der Waals surface area (Å²) in [4.78, 5) is 0. The van der Waals surface area contributed by atoms with Crippen molar-refractivity contribution in [3.63, 3.8) is 0 Å². The van der Waals surface area contributed by atoms with Crippen LogP contribution in [0.15, 0.2) is 11.4 Å². The highest BCUT2D eigenvalue weighted by molar-refractivity contribution is 7.62. The van der Waals surface area contributed by atoms with Gasteiger partial charge in [0.1, 0.15) is 0 Å². The summed E-state index contributed by atoms with van der Waals surface area (Å²) >= 11 is 0. The highest BCUT2D eigenvalue weighted by Gasteiger charge is 2.23. The maximum absolute atomic E-state index is 11.3. The molecule has 0 aromatic heterocycles. The van der Waals surface area contributed by atoms with Crippen molar-refractivity contribution in [2.24, 2.45) is 0 Å². The molecule has 1 heterocycles. The van der Waals surface area contributed by atoms with Crippen LogP contribution in [0.1, 0.15) is 13.3 Å². The fourth-order valence-electron chi connectivity index (χ4n) is 0.941. The smallest absolute Gasteiger partial charge is 0.225 e. The van der Waals surface area contributed by atoms with Crippen LogP contribution >= 0.6 is 7.37 Å². The van der Waals surface area contributed by atoms with E-state index in [4.69, 9.17) is 4.52 Å². The van der Waals surface area contributed by atoms with Crippen LogP contribution in [0.3, 0.4) is 0 Å². The molecule has 0 amide bonds. The van der Waals surface area contributed by atoms with Crippen molar-refractivity contribution < 1.29 is 9.09 Å². The van der Waals surface area contributed by atoms with Crippen LogP contribution in [0.4, 0.5) is 0 Å². The Balaban J connectivity index is 2.77. The Morgan fingerprint density at radius 2 is 2.44 bits per heavy atom. The molecule has 1 rings (SSSR count). The Labute approximate surface area is 55.4 Å². The number of rotatable bonds is 1. The van der Waals surface area contributed by atoms with Crippen molar-refractivity contribution in [2.45, 2.75) is 13.3 Å². The topological polar surface area (TPSA) is 26.3 Å². The second-order valence-corrected chi connectivity index (χ2v) is 4.88. The van der Waals surface area contributed by atoms with E-state index in [2.05, 4.69) is 0 Å². The van der Waals surface area contributed by atoms with Crippen molar-refractivity contribution in [1.82, 2.24) is 0 Å². The van der Waals surface area contributed by atoms with Gasteiger partial charge in [-0.05, 0) is 19.2 Å². The van der Waals surface area contributed by atoms with Gasteiger partial charge >= 0.3 is 0 Å². The van der Waals surface area contributed by atoms with Gasteiger partial charge in [-0.25, -0.2) is 0 Å². The van der Waals surface area contributed by atoms with Gasteiger partial charge in [-0.15, -0.1) is 0 Å². The summed E-state index contributed by atoms with van der Waals surface area (Å²) in [5.74, 6) is 1.77. The van der Waals surface area contributed by atoms with E-state index in [1.165, 1.54) is 12.7 Å². The van der Waals surface area contributed by atoms with E-state index in [0.29, 0.717) is 6.16 Å². The third-order valence-electron chi connectivity index (χ3n) is 1.54. The first kappa shape index (κ1) is 7.04. The molecule has 1 aliphatic heterocycles. The summed E-state index contributed by atoms with van der Waals surface area (Å²) < 4.78 is 16.1. The van der Waals surface area contributed by atoms with Crippen molar-refractivity contribution in [1.29, 1.82) is 0 Å². The fourth-order valence-corrected chi connectivity index (χ4v) is 2.82. The first-order valence-corrected chi connectivity index (χ1v) is 4.87. The molecule has 0 radical (unpaired) electrons. The summed E-state index contributed by atoms with van der Waals surface area (Å²) in [7, 11) is -0.759. The summed E-state index contributed by atoms with van der Waals surface area (Å²) in [6.45, 7) is 1.98. The minimum Gasteiger partial charge on any atom is -0.329 e. The van der Waals surface area contributed by atoms with E-state index in [9.17, 15) is 4.57 Å². The van der Waals surface area contributed by atoms with E-state index >= 15 is 0 Å². The molecule has 0 fully saturated rings. The average Bonchev–Trinajstić information content (AvgIpc) is 2.13. The number of allylic oxidation sites excluding steroid dienone is 1. The Morgan fingerprint density at radius 1 is 1.78 bits per heavy atom. The van der Waals surface area contributed by atoms with Crippen LogP contribution in [0.25, 0.3) is 0 Å². The van der Waals surface area contributed by atoms with E-state index in [1.54, 1.807) is 5.82 Å². The fraction of sp³-hybridized carbons (Fsp3) is 0.667. The van der Waals surface area contributed by atoms with E-state index in [-0.39, 0.29) is 0 Å². The molecule has 52 valence electrons. The summed E-state index contributed by atoms with van der Waals surface area (Å²) in [5.41, 5.74) is 1.19. The van der Waals surface area contributed by atoms with Crippen molar-refractivity contribution in [3.05, 3.63) is 11.4 Å². The van der Waals surface area contributed by atoms with Gasteiger partial charge in [0.2, 0.25) is 7.37 Å². The molecule has 0 saturated carbocycles. The second kappa shape index (κ2) is 2.28. The average molecular weight is 146 g/mol. The molecule has 0 aromatic rings. The zero-order chi connectivity index (χ0) is 6.91. The van der Waals surface area contributed by atoms with Gasteiger partial charge in [0, 0.05) is 13.3 Å². The molecule has 0 aliphatic carbocycles. The quantitative estimate of drug-likeness (QED) is 0.530. The minimum atomic E-state index is -2.27. The largest absolute Gasteiger partial charge is 0.329 e. The van der Waals surface area contributed by atoms with Crippen LogP contribution in [-0.2, 0) is 9.09 Å². The lowest BCUT2D eigenvalue weighted by atomic mass is 10.3. The molecular weight excluding hydrogens is 135 g/mol. The molecule has 0 aromatic carbocycles. The maximum Gasteiger partial charge on any atom is 0.225 e. The summed E-state index contributed by atoms with van der Waals surface area (Å²) in [6, 6.07) is 0. The Hall–Kier alpha value is -0.0700. The molecule has 0 bridgehead atoms. The molecule has 0 spiro atoms. The lowest BCUT2D eigenvalue weighted by Crippen LogP contribution is -1.80. The predicted octanol–water partition coefficient (Wildman–Crippen LogP) is 2.22. The number of hydrogen-bond donors (Lipinski definition) is 0. The highest BCUT2D eigenvalue weighted by Crippen LogP contribution is 2.54. The lowest BCUT2D eigenvalue weighted by molar-refractivity contribution is 0.404. The molecule has 0 saturated heterocycles. The SMILES string of the molecule is COP1(=O)C=C(C)CC1. The summed E-state index contributed by atoms with van der Waals surface area (Å²) in [5, 5.41) is 0. The Bertz CT molecular complexity index is 183. The van der Waals surface area contributed by atoms with Gasteiger partial charge in [-0.1, -0.05) is 5.57 Å². The van der Waals surface area contributed by atoms with Gasteiger partial charge in [0.05, 0.1) is 0 Å². The maximum atomic E-state index is 11.3. The third kappa shape index (κ3) is 1.44. The molecule has 1 atom stereocenters. The minimum absolute atomic E-state index is 0.704. The van der Waals surface area contributed by atoms with Gasteiger partial charge in [0.15, 0.2) is 0 Å². The van der Waals surface area contributed by atoms with Crippen LogP contribution in [0, 0.1) is 0 Å². The van der Waals surface area contributed by atoms with Crippen LogP contribution in [0.2, 0.25) is 0 Å². The summed E-state index contributed by atoms with van der Waals surface area (Å²) in [6.07, 6.45) is 1.64. The van der Waals surface area contributed by atoms with Crippen LogP contribution < -0.4 is 0 Å². The number of hydrogen-bond acceptors (Lipinski definition) is 2. The van der Waals surface area contributed by atoms with Gasteiger partial charge in [-0.3, -0.25) is 4.57 Å². The molecule has 2 nitrogen and oxygen atoms in total. The van der Waals surface area contributed by atoms with Gasteiger partial charge in [-0.2, -0.15) is 0 Å². The Morgan fingerprint density at radius 3 is 2.67 bits per heavy atom.